The van der Waals surface area contributed by atoms with Crippen molar-refractivity contribution in [3.63, 3.8) is 0 Å². The Balaban J connectivity index is 3.00. The third-order valence-electron chi connectivity index (χ3n) is 1.87. The molecule has 4 N–H and O–H groups in total. The van der Waals surface area contributed by atoms with Crippen LogP contribution in [0.1, 0.15) is 13.2 Å². The molecule has 80 valence electrons. The molecular formula is C7H8N4O3S. The summed E-state index contributed by atoms with van der Waals surface area (Å²) in [6.45, 7) is 1.41. The second kappa shape index (κ2) is 3.17. The van der Waals surface area contributed by atoms with E-state index < -0.39 is 16.7 Å². The summed E-state index contributed by atoms with van der Waals surface area (Å²) in [6.07, 6.45) is -1.04. The van der Waals surface area contributed by atoms with Crippen molar-refractivity contribution in [2.24, 2.45) is 0 Å². The molecule has 8 heteroatoms. The predicted molar refractivity (Wildman–Crippen MR) is 55.8 cm³/mol. The quantitative estimate of drug-likeness (QED) is 0.593. The summed E-state index contributed by atoms with van der Waals surface area (Å²) in [5.74, 6) is -0.0836. The lowest BCUT2D eigenvalue weighted by atomic mass is 10.5. The maximum Gasteiger partial charge on any atom is 0.311 e. The predicted octanol–water partition coefficient (Wildman–Crippen LogP) is -0.761. The van der Waals surface area contributed by atoms with Gasteiger partial charge in [-0.1, -0.05) is 11.3 Å². The Morgan fingerprint density at radius 2 is 2.27 bits per heavy atom. The van der Waals surface area contributed by atoms with Crippen LogP contribution in [0.5, 0.6) is 0 Å². The molecule has 1 unspecified atom stereocenters. The molecule has 0 aliphatic carbocycles. The van der Waals surface area contributed by atoms with Crippen LogP contribution in [-0.2, 0) is 0 Å². The van der Waals surface area contributed by atoms with Gasteiger partial charge in [-0.2, -0.15) is 4.98 Å². The van der Waals surface area contributed by atoms with E-state index in [-0.39, 0.29) is 16.3 Å². The van der Waals surface area contributed by atoms with Crippen LogP contribution in [0.15, 0.2) is 9.59 Å². The Labute approximate surface area is 86.8 Å². The molecule has 0 saturated carbocycles. The summed E-state index contributed by atoms with van der Waals surface area (Å²) < 4.78 is 1.18. The van der Waals surface area contributed by atoms with E-state index in [0.717, 1.165) is 15.9 Å². The number of nitrogen functional groups attached to an aromatic ring is 1. The van der Waals surface area contributed by atoms with Crippen molar-refractivity contribution in [3.05, 3.63) is 20.0 Å². The summed E-state index contributed by atoms with van der Waals surface area (Å²) in [4.78, 5) is 28.5. The van der Waals surface area contributed by atoms with E-state index in [1.54, 1.807) is 0 Å². The number of aliphatic hydroxyl groups is 1. The number of H-pyrrole nitrogens is 1. The number of hydrogen-bond acceptors (Lipinski definition) is 6. The van der Waals surface area contributed by atoms with E-state index in [9.17, 15) is 14.7 Å². The zero-order chi connectivity index (χ0) is 11.2. The number of fused-ring (bicyclic) bond motifs is 1. The highest BCUT2D eigenvalue weighted by Crippen LogP contribution is 2.13. The van der Waals surface area contributed by atoms with Gasteiger partial charge in [0.15, 0.2) is 5.65 Å². The lowest BCUT2D eigenvalue weighted by Gasteiger charge is -2.04. The molecule has 0 radical (unpaired) electrons. The van der Waals surface area contributed by atoms with E-state index in [2.05, 4.69) is 9.97 Å². The van der Waals surface area contributed by atoms with Crippen molar-refractivity contribution in [2.75, 3.05) is 5.73 Å². The molecular weight excluding hydrogens is 220 g/mol. The van der Waals surface area contributed by atoms with Crippen molar-refractivity contribution in [1.29, 1.82) is 0 Å². The Morgan fingerprint density at radius 3 is 2.87 bits per heavy atom. The first-order valence-electron chi connectivity index (χ1n) is 4.09. The van der Waals surface area contributed by atoms with E-state index in [4.69, 9.17) is 5.73 Å². The number of nitrogens with one attached hydrogen (secondary N) is 1. The number of anilines is 1. The van der Waals surface area contributed by atoms with E-state index in [1.807, 2.05) is 0 Å². The molecule has 0 saturated heterocycles. The lowest BCUT2D eigenvalue weighted by molar-refractivity contribution is 0.126. The fraction of sp³-hybridized carbons (Fsp3) is 0.286. The number of aromatic amines is 1. The molecule has 0 aliphatic rings. The number of nitrogens with zero attached hydrogens (tertiary/aromatic N) is 2. The molecule has 0 bridgehead atoms. The topological polar surface area (TPSA) is 114 Å². The minimum Gasteiger partial charge on any atom is -0.373 e. The minimum atomic E-state index is -1.04. The van der Waals surface area contributed by atoms with Crippen molar-refractivity contribution in [1.82, 2.24) is 14.5 Å². The molecule has 0 spiro atoms. The van der Waals surface area contributed by atoms with Gasteiger partial charge in [0.25, 0.3) is 5.56 Å². The zero-order valence-electron chi connectivity index (χ0n) is 7.72. The highest BCUT2D eigenvalue weighted by atomic mass is 32.1. The van der Waals surface area contributed by atoms with Gasteiger partial charge in [-0.05, 0) is 6.92 Å². The molecule has 0 amide bonds. The fourth-order valence-electron chi connectivity index (χ4n) is 1.28. The number of rotatable bonds is 1. The summed E-state index contributed by atoms with van der Waals surface area (Å²) in [6, 6.07) is 0. The number of hydrogen-bond donors (Lipinski definition) is 3. The monoisotopic (exact) mass is 228 g/mol. The third kappa shape index (κ3) is 1.43. The molecule has 2 aromatic heterocycles. The number of aliphatic hydroxyl groups excluding tert-OH is 1. The van der Waals surface area contributed by atoms with Gasteiger partial charge in [-0.15, -0.1) is 0 Å². The molecule has 0 aromatic carbocycles. The smallest absolute Gasteiger partial charge is 0.311 e. The highest BCUT2D eigenvalue weighted by molar-refractivity contribution is 7.16. The first-order chi connectivity index (χ1) is 7.00. The first kappa shape index (κ1) is 9.87. The Bertz CT molecular complexity index is 623. The van der Waals surface area contributed by atoms with Crippen LogP contribution in [-0.4, -0.2) is 19.6 Å². The van der Waals surface area contributed by atoms with Gasteiger partial charge in [0, 0.05) is 0 Å². The average Bonchev–Trinajstić information content (AvgIpc) is 2.41. The SMILES string of the molecule is CC(O)n1c(=O)sc2c(=O)[nH]c(N)nc21. The van der Waals surface area contributed by atoms with Crippen LogP contribution in [0.2, 0.25) is 0 Å². The standard InChI is InChI=1S/C7H8N4O3S/c1-2(12)11-4-3(15-7(11)14)5(13)10-6(8)9-4/h2,12H,1H3,(H3,8,9,10,13). The Hall–Kier alpha value is -1.67. The van der Waals surface area contributed by atoms with Gasteiger partial charge < -0.3 is 10.8 Å². The second-order valence-electron chi connectivity index (χ2n) is 2.97. The van der Waals surface area contributed by atoms with Gasteiger partial charge in [0.2, 0.25) is 5.95 Å². The number of thiazole rings is 1. The number of aromatic nitrogens is 3. The van der Waals surface area contributed by atoms with Crippen molar-refractivity contribution >= 4 is 27.6 Å². The summed E-state index contributed by atoms with van der Waals surface area (Å²) in [5.41, 5.74) is 4.98. The average molecular weight is 228 g/mol. The Morgan fingerprint density at radius 1 is 1.60 bits per heavy atom. The Kier molecular flexibility index (Phi) is 2.09. The molecule has 1 atom stereocenters. The van der Waals surface area contributed by atoms with E-state index >= 15 is 0 Å². The van der Waals surface area contributed by atoms with Crippen LogP contribution in [0.4, 0.5) is 5.95 Å². The van der Waals surface area contributed by atoms with E-state index in [1.165, 1.54) is 6.92 Å². The molecule has 0 fully saturated rings. The maximum atomic E-state index is 11.4. The second-order valence-corrected chi connectivity index (χ2v) is 3.94. The molecule has 2 aromatic rings. The van der Waals surface area contributed by atoms with Crippen molar-refractivity contribution in [3.8, 4) is 0 Å². The van der Waals surface area contributed by atoms with Crippen molar-refractivity contribution in [2.45, 2.75) is 13.2 Å². The van der Waals surface area contributed by atoms with Crippen LogP contribution < -0.4 is 16.2 Å². The fourth-order valence-corrected chi connectivity index (χ4v) is 2.17. The third-order valence-corrected chi connectivity index (χ3v) is 2.81. The molecule has 7 nitrogen and oxygen atoms in total. The zero-order valence-corrected chi connectivity index (χ0v) is 8.54. The number of nitrogens with two attached hydrogens (primary N) is 1. The minimum absolute atomic E-state index is 0.0836. The van der Waals surface area contributed by atoms with Gasteiger partial charge in [0.1, 0.15) is 10.9 Å². The molecule has 0 aliphatic heterocycles. The summed E-state index contributed by atoms with van der Waals surface area (Å²) in [5, 5.41) is 9.35. The lowest BCUT2D eigenvalue weighted by Crippen LogP contribution is -2.18. The first-order valence-corrected chi connectivity index (χ1v) is 4.91. The maximum absolute atomic E-state index is 11.4. The van der Waals surface area contributed by atoms with Gasteiger partial charge in [-0.3, -0.25) is 19.1 Å². The van der Waals surface area contributed by atoms with Crippen LogP contribution >= 0.6 is 11.3 Å². The molecule has 2 heterocycles. The summed E-state index contributed by atoms with van der Waals surface area (Å²) >= 11 is 0.728. The van der Waals surface area contributed by atoms with Crippen molar-refractivity contribution < 1.29 is 5.11 Å². The van der Waals surface area contributed by atoms with Crippen LogP contribution in [0.3, 0.4) is 0 Å². The highest BCUT2D eigenvalue weighted by Gasteiger charge is 2.15. The van der Waals surface area contributed by atoms with Gasteiger partial charge in [0.05, 0.1) is 0 Å². The molecule has 2 rings (SSSR count). The summed E-state index contributed by atoms with van der Waals surface area (Å²) in [7, 11) is 0. The van der Waals surface area contributed by atoms with Gasteiger partial charge in [-0.25, -0.2) is 0 Å². The van der Waals surface area contributed by atoms with Gasteiger partial charge >= 0.3 is 4.87 Å². The largest absolute Gasteiger partial charge is 0.373 e. The van der Waals surface area contributed by atoms with Crippen LogP contribution in [0, 0.1) is 0 Å². The molecule has 15 heavy (non-hydrogen) atoms. The van der Waals surface area contributed by atoms with Crippen LogP contribution in [0.25, 0.3) is 10.3 Å². The normalized spacial score (nSPS) is 13.2. The van der Waals surface area contributed by atoms with E-state index in [0.29, 0.717) is 0 Å².